The lowest BCUT2D eigenvalue weighted by molar-refractivity contribution is 0.790. The van der Waals surface area contributed by atoms with Gasteiger partial charge < -0.3 is 5.32 Å². The number of aromatic nitrogens is 2. The predicted molar refractivity (Wildman–Crippen MR) is 73.9 cm³/mol. The summed E-state index contributed by atoms with van der Waals surface area (Å²) in [6, 6.07) is 0. The molecule has 0 bridgehead atoms. The summed E-state index contributed by atoms with van der Waals surface area (Å²) >= 11 is 1.83. The summed E-state index contributed by atoms with van der Waals surface area (Å²) in [5.74, 6) is 2.60. The molecule has 0 saturated heterocycles. The van der Waals surface area contributed by atoms with Gasteiger partial charge in [0.2, 0.25) is 0 Å². The van der Waals surface area contributed by atoms with Crippen LogP contribution in [0.4, 0.5) is 5.82 Å². The molecule has 1 aromatic rings. The molecule has 0 amide bonds. The topological polar surface area (TPSA) is 37.8 Å². The zero-order valence-electron chi connectivity index (χ0n) is 11.3. The number of rotatable bonds is 3. The first kappa shape index (κ1) is 12.7. The smallest absolute Gasteiger partial charge is 0.135 e. The Morgan fingerprint density at radius 3 is 2.35 bits per heavy atom. The molecular weight excluding hydrogens is 230 g/mol. The third kappa shape index (κ3) is 3.12. The Balaban J connectivity index is 2.37. The monoisotopic (exact) mass is 251 g/mol. The average molecular weight is 251 g/mol. The van der Waals surface area contributed by atoms with Gasteiger partial charge in [-0.1, -0.05) is 20.8 Å². The first-order valence-corrected chi connectivity index (χ1v) is 6.97. The van der Waals surface area contributed by atoms with Gasteiger partial charge in [0.1, 0.15) is 16.7 Å². The summed E-state index contributed by atoms with van der Waals surface area (Å²) in [7, 11) is 1.93. The molecule has 2 rings (SSSR count). The molecule has 1 heterocycles. The van der Waals surface area contributed by atoms with E-state index >= 15 is 0 Å². The van der Waals surface area contributed by atoms with E-state index in [-0.39, 0.29) is 4.75 Å². The van der Waals surface area contributed by atoms with E-state index in [0.717, 1.165) is 22.2 Å². The molecule has 0 unspecified atom stereocenters. The number of thioether (sulfide) groups is 1. The molecule has 0 aliphatic heterocycles. The zero-order valence-corrected chi connectivity index (χ0v) is 12.1. The maximum absolute atomic E-state index is 4.74. The Bertz CT molecular complexity index is 419. The molecule has 0 radical (unpaired) electrons. The minimum atomic E-state index is 0.185. The molecule has 3 nitrogen and oxygen atoms in total. The second-order valence-corrected chi connectivity index (χ2v) is 7.41. The van der Waals surface area contributed by atoms with Crippen molar-refractivity contribution in [2.24, 2.45) is 0 Å². The lowest BCUT2D eigenvalue weighted by Crippen LogP contribution is -2.11. The Labute approximate surface area is 108 Å². The summed E-state index contributed by atoms with van der Waals surface area (Å²) in [5.41, 5.74) is 1.16. The van der Waals surface area contributed by atoms with Crippen molar-refractivity contribution in [3.8, 4) is 0 Å². The van der Waals surface area contributed by atoms with Crippen molar-refractivity contribution in [3.05, 3.63) is 11.4 Å². The third-order valence-electron chi connectivity index (χ3n) is 2.70. The largest absolute Gasteiger partial charge is 0.373 e. The predicted octanol–water partition coefficient (Wildman–Crippen LogP) is 3.59. The highest BCUT2D eigenvalue weighted by Gasteiger charge is 2.28. The standard InChI is InChI=1S/C13H21N3S/c1-8-10(14-5)15-11(9-6-7-9)16-12(8)17-13(2,3)4/h9H,6-7H2,1-5H3,(H,14,15,16). The zero-order chi connectivity index (χ0) is 12.6. The first-order chi connectivity index (χ1) is 7.90. The van der Waals surface area contributed by atoms with E-state index in [0.29, 0.717) is 5.92 Å². The molecule has 0 atom stereocenters. The van der Waals surface area contributed by atoms with Crippen LogP contribution in [0.3, 0.4) is 0 Å². The molecule has 1 N–H and O–H groups in total. The van der Waals surface area contributed by atoms with Crippen molar-refractivity contribution in [2.45, 2.75) is 56.2 Å². The molecule has 1 aromatic heterocycles. The minimum absolute atomic E-state index is 0.185. The van der Waals surface area contributed by atoms with Gasteiger partial charge in [-0.3, -0.25) is 0 Å². The fourth-order valence-corrected chi connectivity index (χ4v) is 2.64. The van der Waals surface area contributed by atoms with Crippen LogP contribution in [0.1, 0.15) is 50.9 Å². The average Bonchev–Trinajstić information content (AvgIpc) is 3.02. The van der Waals surface area contributed by atoms with E-state index in [1.54, 1.807) is 0 Å². The normalized spacial score (nSPS) is 16.1. The van der Waals surface area contributed by atoms with Crippen molar-refractivity contribution in [1.82, 2.24) is 9.97 Å². The van der Waals surface area contributed by atoms with Crippen molar-refractivity contribution in [3.63, 3.8) is 0 Å². The molecule has 1 fully saturated rings. The van der Waals surface area contributed by atoms with Crippen molar-refractivity contribution in [1.29, 1.82) is 0 Å². The Morgan fingerprint density at radius 2 is 1.88 bits per heavy atom. The van der Waals surface area contributed by atoms with E-state index in [1.165, 1.54) is 12.8 Å². The van der Waals surface area contributed by atoms with Crippen molar-refractivity contribution >= 4 is 17.6 Å². The lowest BCUT2D eigenvalue weighted by Gasteiger charge is -2.19. The molecular formula is C13H21N3S. The van der Waals surface area contributed by atoms with Gasteiger partial charge >= 0.3 is 0 Å². The lowest BCUT2D eigenvalue weighted by atomic mass is 10.3. The molecule has 0 spiro atoms. The fourth-order valence-electron chi connectivity index (χ4n) is 1.67. The molecule has 1 aliphatic carbocycles. The van der Waals surface area contributed by atoms with Gasteiger partial charge in [-0.15, -0.1) is 11.8 Å². The SMILES string of the molecule is CNc1nc(C2CC2)nc(SC(C)(C)C)c1C. The van der Waals surface area contributed by atoms with E-state index in [2.05, 4.69) is 38.0 Å². The summed E-state index contributed by atoms with van der Waals surface area (Å²) < 4.78 is 0.185. The molecule has 1 saturated carbocycles. The first-order valence-electron chi connectivity index (χ1n) is 6.16. The van der Waals surface area contributed by atoms with Crippen LogP contribution >= 0.6 is 11.8 Å². The summed E-state index contributed by atoms with van der Waals surface area (Å²) in [5, 5.41) is 4.30. The van der Waals surface area contributed by atoms with E-state index in [4.69, 9.17) is 4.98 Å². The van der Waals surface area contributed by atoms with Gasteiger partial charge in [-0.05, 0) is 19.8 Å². The highest BCUT2D eigenvalue weighted by molar-refractivity contribution is 8.00. The molecule has 94 valence electrons. The number of nitrogens with one attached hydrogen (secondary N) is 1. The van der Waals surface area contributed by atoms with Crippen LogP contribution in [0.2, 0.25) is 0 Å². The molecule has 4 heteroatoms. The Hall–Kier alpha value is -0.770. The van der Waals surface area contributed by atoms with E-state index in [1.807, 2.05) is 18.8 Å². The summed E-state index contributed by atoms with van der Waals surface area (Å²) in [6.45, 7) is 8.75. The van der Waals surface area contributed by atoms with Gasteiger partial charge in [-0.2, -0.15) is 0 Å². The highest BCUT2D eigenvalue weighted by Crippen LogP contribution is 2.41. The molecule has 17 heavy (non-hydrogen) atoms. The number of anilines is 1. The highest BCUT2D eigenvalue weighted by atomic mass is 32.2. The maximum Gasteiger partial charge on any atom is 0.135 e. The number of hydrogen-bond donors (Lipinski definition) is 1. The van der Waals surface area contributed by atoms with Crippen LogP contribution < -0.4 is 5.32 Å². The van der Waals surface area contributed by atoms with Crippen LogP contribution in [0.25, 0.3) is 0 Å². The molecule has 1 aliphatic rings. The summed E-state index contributed by atoms with van der Waals surface area (Å²) in [4.78, 5) is 9.35. The van der Waals surface area contributed by atoms with Crippen molar-refractivity contribution in [2.75, 3.05) is 12.4 Å². The summed E-state index contributed by atoms with van der Waals surface area (Å²) in [6.07, 6.45) is 2.48. The van der Waals surface area contributed by atoms with Crippen LogP contribution in [0, 0.1) is 6.92 Å². The van der Waals surface area contributed by atoms with Crippen LogP contribution in [0.15, 0.2) is 5.03 Å². The maximum atomic E-state index is 4.74. The van der Waals surface area contributed by atoms with Gasteiger partial charge in [0.25, 0.3) is 0 Å². The van der Waals surface area contributed by atoms with Gasteiger partial charge in [0.15, 0.2) is 0 Å². The fraction of sp³-hybridized carbons (Fsp3) is 0.692. The van der Waals surface area contributed by atoms with E-state index in [9.17, 15) is 0 Å². The van der Waals surface area contributed by atoms with Crippen LogP contribution in [0.5, 0.6) is 0 Å². The third-order valence-corrected chi connectivity index (χ3v) is 3.90. The van der Waals surface area contributed by atoms with E-state index < -0.39 is 0 Å². The molecule has 0 aromatic carbocycles. The number of hydrogen-bond acceptors (Lipinski definition) is 4. The van der Waals surface area contributed by atoms with Crippen LogP contribution in [-0.2, 0) is 0 Å². The quantitative estimate of drug-likeness (QED) is 0.658. The van der Waals surface area contributed by atoms with Crippen molar-refractivity contribution < 1.29 is 0 Å². The Morgan fingerprint density at radius 1 is 1.24 bits per heavy atom. The Kier molecular flexibility index (Phi) is 3.34. The second kappa shape index (κ2) is 4.48. The second-order valence-electron chi connectivity index (χ2n) is 5.60. The van der Waals surface area contributed by atoms with Gasteiger partial charge in [0, 0.05) is 23.3 Å². The van der Waals surface area contributed by atoms with Crippen LogP contribution in [-0.4, -0.2) is 21.8 Å². The van der Waals surface area contributed by atoms with Gasteiger partial charge in [-0.25, -0.2) is 9.97 Å². The number of nitrogens with zero attached hydrogens (tertiary/aromatic N) is 2. The minimum Gasteiger partial charge on any atom is -0.373 e. The van der Waals surface area contributed by atoms with Gasteiger partial charge in [0.05, 0.1) is 0 Å².